The van der Waals surface area contributed by atoms with E-state index in [0.29, 0.717) is 15.8 Å². The van der Waals surface area contributed by atoms with E-state index in [9.17, 15) is 10.0 Å². The molecule has 96 valence electrons. The van der Waals surface area contributed by atoms with E-state index in [1.807, 2.05) is 12.1 Å². The molecule has 3 aromatic rings. The Balaban J connectivity index is 2.25. The Morgan fingerprint density at radius 3 is 2.63 bits per heavy atom. The summed E-state index contributed by atoms with van der Waals surface area (Å²) in [4.78, 5) is 24.0. The van der Waals surface area contributed by atoms with Crippen molar-refractivity contribution in [1.29, 1.82) is 0 Å². The highest BCUT2D eigenvalue weighted by atomic mass is 16.5. The van der Waals surface area contributed by atoms with E-state index in [1.54, 1.807) is 19.1 Å². The molecule has 0 bridgehead atoms. The molecule has 0 saturated heterocycles. The molecule has 0 aliphatic carbocycles. The first-order valence-corrected chi connectivity index (χ1v) is 5.72. The number of aromatic nitrogens is 4. The molecule has 1 N–H and O–H groups in total. The zero-order valence-electron chi connectivity index (χ0n) is 10.1. The molecular formula is C12H10N4O3. The molecule has 2 heterocycles. The maximum absolute atomic E-state index is 11.6. The van der Waals surface area contributed by atoms with E-state index >= 15 is 0 Å². The number of fused-ring (bicyclic) bond motifs is 2. The lowest BCUT2D eigenvalue weighted by Crippen LogP contribution is -2.11. The first kappa shape index (κ1) is 11.4. The average Bonchev–Trinajstić information content (AvgIpc) is 2.74. The van der Waals surface area contributed by atoms with E-state index in [-0.39, 0.29) is 23.7 Å². The van der Waals surface area contributed by atoms with Crippen LogP contribution in [0.15, 0.2) is 24.3 Å². The van der Waals surface area contributed by atoms with Gasteiger partial charge in [-0.2, -0.15) is 4.98 Å². The lowest BCUT2D eigenvalue weighted by molar-refractivity contribution is 0.0469. The fourth-order valence-electron chi connectivity index (χ4n) is 1.77. The van der Waals surface area contributed by atoms with Crippen LogP contribution >= 0.6 is 0 Å². The van der Waals surface area contributed by atoms with E-state index < -0.39 is 5.97 Å². The average molecular weight is 258 g/mol. The third-order valence-electron chi connectivity index (χ3n) is 2.61. The summed E-state index contributed by atoms with van der Waals surface area (Å²) in [5.41, 5.74) is 1.58. The third kappa shape index (κ3) is 1.75. The summed E-state index contributed by atoms with van der Waals surface area (Å²) in [6.07, 6.45) is 0. The van der Waals surface area contributed by atoms with Crippen molar-refractivity contribution in [3.63, 3.8) is 0 Å². The van der Waals surface area contributed by atoms with Gasteiger partial charge in [0, 0.05) is 0 Å². The monoisotopic (exact) mass is 258 g/mol. The normalized spacial score (nSPS) is 11.0. The van der Waals surface area contributed by atoms with Gasteiger partial charge in [-0.05, 0) is 19.1 Å². The Kier molecular flexibility index (Phi) is 2.52. The highest BCUT2D eigenvalue weighted by molar-refractivity contribution is 5.91. The van der Waals surface area contributed by atoms with Crippen LogP contribution in [0.5, 0.6) is 0 Å². The molecule has 0 unspecified atom stereocenters. The largest absolute Gasteiger partial charge is 0.460 e. The summed E-state index contributed by atoms with van der Waals surface area (Å²) in [6, 6.07) is 7.18. The molecule has 7 nitrogen and oxygen atoms in total. The van der Waals surface area contributed by atoms with Crippen LogP contribution < -0.4 is 0 Å². The van der Waals surface area contributed by atoms with Gasteiger partial charge in [-0.1, -0.05) is 12.1 Å². The van der Waals surface area contributed by atoms with Crippen molar-refractivity contribution in [2.24, 2.45) is 0 Å². The predicted octanol–water partition coefficient (Wildman–Crippen LogP) is 1.39. The van der Waals surface area contributed by atoms with E-state index in [4.69, 9.17) is 4.74 Å². The van der Waals surface area contributed by atoms with Crippen LogP contribution in [0.1, 0.15) is 17.5 Å². The van der Waals surface area contributed by atoms with Crippen LogP contribution in [0.3, 0.4) is 0 Å². The number of imidazole rings is 1. The first-order chi connectivity index (χ1) is 9.20. The number of benzene rings is 1. The minimum Gasteiger partial charge on any atom is -0.460 e. The van der Waals surface area contributed by atoms with Crippen molar-refractivity contribution in [2.75, 3.05) is 6.61 Å². The number of hydrogen-bond acceptors (Lipinski definition) is 6. The van der Waals surface area contributed by atoms with Gasteiger partial charge < -0.3 is 9.94 Å². The van der Waals surface area contributed by atoms with E-state index in [0.717, 1.165) is 0 Å². The molecule has 19 heavy (non-hydrogen) atoms. The second-order valence-corrected chi connectivity index (χ2v) is 3.83. The lowest BCUT2D eigenvalue weighted by Gasteiger charge is -1.99. The summed E-state index contributed by atoms with van der Waals surface area (Å²) >= 11 is 0. The Labute approximate surface area is 107 Å². The van der Waals surface area contributed by atoms with Crippen molar-refractivity contribution in [2.45, 2.75) is 6.92 Å². The fourth-order valence-corrected chi connectivity index (χ4v) is 1.77. The standard InChI is InChI=1S/C12H10N4O3/c1-2-19-12(17)11-15-9-10(16(11)18)14-8-6-4-3-5-7(8)13-9/h3-6,18H,2H2,1H3. The number of hydrogen-bond donors (Lipinski definition) is 1. The molecule has 2 aromatic heterocycles. The van der Waals surface area contributed by atoms with E-state index in [1.165, 1.54) is 0 Å². The van der Waals surface area contributed by atoms with Gasteiger partial charge in [-0.15, -0.1) is 4.73 Å². The van der Waals surface area contributed by atoms with Crippen LogP contribution in [0.2, 0.25) is 0 Å². The van der Waals surface area contributed by atoms with Gasteiger partial charge in [0.25, 0.3) is 5.82 Å². The van der Waals surface area contributed by atoms with Crippen LogP contribution in [-0.4, -0.2) is 37.5 Å². The molecule has 7 heteroatoms. The topological polar surface area (TPSA) is 90.1 Å². The molecular weight excluding hydrogens is 248 g/mol. The SMILES string of the molecule is CCOC(=O)c1nc2nc3ccccc3nc2n1O. The minimum atomic E-state index is -0.714. The number of carbonyl (C=O) groups is 1. The van der Waals surface area contributed by atoms with Crippen LogP contribution in [-0.2, 0) is 4.74 Å². The molecule has 0 atom stereocenters. The molecule has 0 aliphatic heterocycles. The molecule has 0 aliphatic rings. The highest BCUT2D eigenvalue weighted by Crippen LogP contribution is 2.16. The van der Waals surface area contributed by atoms with Gasteiger partial charge in [-0.3, -0.25) is 0 Å². The van der Waals surface area contributed by atoms with E-state index in [2.05, 4.69) is 15.0 Å². The van der Waals surface area contributed by atoms with Gasteiger partial charge >= 0.3 is 5.97 Å². The zero-order valence-corrected chi connectivity index (χ0v) is 10.1. The Morgan fingerprint density at radius 2 is 1.95 bits per heavy atom. The zero-order chi connectivity index (χ0) is 13.4. The number of ether oxygens (including phenoxy) is 1. The Bertz CT molecular complexity index is 781. The molecule has 0 spiro atoms. The fraction of sp³-hybridized carbons (Fsp3) is 0.167. The summed E-state index contributed by atoms with van der Waals surface area (Å²) in [6.45, 7) is 1.87. The van der Waals surface area contributed by atoms with Gasteiger partial charge in [0.2, 0.25) is 11.3 Å². The van der Waals surface area contributed by atoms with Crippen LogP contribution in [0, 0.1) is 0 Å². The lowest BCUT2D eigenvalue weighted by atomic mass is 10.3. The Morgan fingerprint density at radius 1 is 1.26 bits per heavy atom. The summed E-state index contributed by atoms with van der Waals surface area (Å²) in [5, 5.41) is 9.90. The third-order valence-corrected chi connectivity index (χ3v) is 2.61. The molecule has 0 saturated carbocycles. The van der Waals surface area contributed by atoms with Crippen LogP contribution in [0.25, 0.3) is 22.3 Å². The minimum absolute atomic E-state index is 0.127. The number of rotatable bonds is 2. The molecule has 0 amide bonds. The molecule has 0 radical (unpaired) electrons. The number of para-hydroxylation sites is 2. The number of esters is 1. The van der Waals surface area contributed by atoms with Crippen LogP contribution in [0.4, 0.5) is 0 Å². The van der Waals surface area contributed by atoms with Crippen molar-refractivity contribution in [3.8, 4) is 0 Å². The summed E-state index contributed by atoms with van der Waals surface area (Å²) in [5.74, 6) is -0.944. The quantitative estimate of drug-likeness (QED) is 0.552. The van der Waals surface area contributed by atoms with Gasteiger partial charge in [-0.25, -0.2) is 14.8 Å². The first-order valence-electron chi connectivity index (χ1n) is 5.72. The van der Waals surface area contributed by atoms with Crippen molar-refractivity contribution in [1.82, 2.24) is 19.7 Å². The smallest absolute Gasteiger partial charge is 0.377 e. The predicted molar refractivity (Wildman–Crippen MR) is 66.0 cm³/mol. The number of carbonyl (C=O) groups excluding carboxylic acids is 1. The van der Waals surface area contributed by atoms with Gasteiger partial charge in [0.1, 0.15) is 0 Å². The molecule has 0 fully saturated rings. The van der Waals surface area contributed by atoms with Gasteiger partial charge in [0.05, 0.1) is 17.6 Å². The van der Waals surface area contributed by atoms with Gasteiger partial charge in [0.15, 0.2) is 0 Å². The maximum Gasteiger partial charge on any atom is 0.377 e. The molecule has 3 rings (SSSR count). The number of nitrogens with zero attached hydrogens (tertiary/aromatic N) is 4. The maximum atomic E-state index is 11.6. The second-order valence-electron chi connectivity index (χ2n) is 3.83. The molecule has 1 aromatic carbocycles. The van der Waals surface area contributed by atoms with Crippen molar-refractivity contribution in [3.05, 3.63) is 30.1 Å². The second kappa shape index (κ2) is 4.20. The van der Waals surface area contributed by atoms with Crippen molar-refractivity contribution < 1.29 is 14.7 Å². The highest BCUT2D eigenvalue weighted by Gasteiger charge is 2.20. The Hall–Kier alpha value is -2.70. The van der Waals surface area contributed by atoms with Crippen molar-refractivity contribution >= 4 is 28.3 Å². The summed E-state index contributed by atoms with van der Waals surface area (Å²) < 4.78 is 5.40. The summed E-state index contributed by atoms with van der Waals surface area (Å²) in [7, 11) is 0.